The van der Waals surface area contributed by atoms with Gasteiger partial charge in [0.1, 0.15) is 6.04 Å². The van der Waals surface area contributed by atoms with Crippen LogP contribution in [0.3, 0.4) is 0 Å². The van der Waals surface area contributed by atoms with Crippen LogP contribution in [0.1, 0.15) is 5.56 Å². The summed E-state index contributed by atoms with van der Waals surface area (Å²) in [5.41, 5.74) is 1.92. The topological polar surface area (TPSA) is 64.2 Å². The molecule has 1 aromatic carbocycles. The first-order valence-corrected chi connectivity index (χ1v) is 8.74. The minimum absolute atomic E-state index is 0.0303. The van der Waals surface area contributed by atoms with Crippen LogP contribution in [-0.2, 0) is 20.8 Å². The second kappa shape index (κ2) is 6.15. The van der Waals surface area contributed by atoms with Crippen LogP contribution in [0.15, 0.2) is 24.3 Å². The summed E-state index contributed by atoms with van der Waals surface area (Å²) in [6, 6.07) is 7.37. The number of anilines is 1. The number of hydrogen-bond donors (Lipinski definition) is 0. The summed E-state index contributed by atoms with van der Waals surface area (Å²) in [5, 5.41) is 0. The highest BCUT2D eigenvalue weighted by atomic mass is 16.2. The van der Waals surface area contributed by atoms with Gasteiger partial charge in [-0.2, -0.15) is 0 Å². The third-order valence-electron chi connectivity index (χ3n) is 5.48. The summed E-state index contributed by atoms with van der Waals surface area (Å²) in [7, 11) is 1.78. The van der Waals surface area contributed by atoms with E-state index in [0.717, 1.165) is 24.2 Å². The predicted molar refractivity (Wildman–Crippen MR) is 92.1 cm³/mol. The molecule has 0 N–H and O–H groups in total. The zero-order valence-corrected chi connectivity index (χ0v) is 14.4. The maximum absolute atomic E-state index is 12.7. The zero-order valence-electron chi connectivity index (χ0n) is 14.4. The highest BCUT2D eigenvalue weighted by Crippen LogP contribution is 2.28. The van der Waals surface area contributed by atoms with Crippen LogP contribution in [0.2, 0.25) is 0 Å². The van der Waals surface area contributed by atoms with E-state index >= 15 is 0 Å². The number of hydrogen-bond acceptors (Lipinski definition) is 4. The van der Waals surface area contributed by atoms with E-state index in [0.29, 0.717) is 32.7 Å². The summed E-state index contributed by atoms with van der Waals surface area (Å²) in [4.78, 5) is 44.8. The predicted octanol–water partition coefficient (Wildman–Crippen LogP) is -0.439. The average molecular weight is 342 g/mol. The summed E-state index contributed by atoms with van der Waals surface area (Å²) >= 11 is 0. The standard InChI is InChI=1S/C18H22N4O3/c1-19-8-9-20-10-11-21(12-15(20)16(19)23)17(24)18(25)22-7-6-13-4-2-3-5-14(13)22/h2-5,15H,6-12H2,1H3/t15-/m0/s1. The Morgan fingerprint density at radius 2 is 1.76 bits per heavy atom. The number of rotatable bonds is 0. The van der Waals surface area contributed by atoms with Gasteiger partial charge in [-0.05, 0) is 18.1 Å². The fourth-order valence-electron chi connectivity index (χ4n) is 3.95. The number of carbonyl (C=O) groups is 3. The molecule has 3 aliphatic rings. The summed E-state index contributed by atoms with van der Waals surface area (Å²) in [6.45, 7) is 3.50. The van der Waals surface area contributed by atoms with Gasteiger partial charge in [0.05, 0.1) is 0 Å². The van der Waals surface area contributed by atoms with Crippen LogP contribution >= 0.6 is 0 Å². The third-order valence-corrected chi connectivity index (χ3v) is 5.48. The molecule has 132 valence electrons. The Morgan fingerprint density at radius 1 is 1.00 bits per heavy atom. The lowest BCUT2D eigenvalue weighted by molar-refractivity contribution is -0.152. The second-order valence-corrected chi connectivity index (χ2v) is 6.90. The molecule has 0 aliphatic carbocycles. The van der Waals surface area contributed by atoms with Gasteiger partial charge >= 0.3 is 11.8 Å². The second-order valence-electron chi connectivity index (χ2n) is 6.90. The summed E-state index contributed by atoms with van der Waals surface area (Å²) in [5.74, 6) is -0.963. The lowest BCUT2D eigenvalue weighted by Gasteiger charge is -2.45. The fourth-order valence-corrected chi connectivity index (χ4v) is 3.95. The maximum atomic E-state index is 12.7. The van der Waals surface area contributed by atoms with Crippen molar-refractivity contribution < 1.29 is 14.4 Å². The smallest absolute Gasteiger partial charge is 0.316 e. The van der Waals surface area contributed by atoms with E-state index in [1.54, 1.807) is 21.7 Å². The summed E-state index contributed by atoms with van der Waals surface area (Å²) < 4.78 is 0. The Morgan fingerprint density at radius 3 is 2.60 bits per heavy atom. The number of benzene rings is 1. The normalized spacial score (nSPS) is 23.5. The molecule has 0 radical (unpaired) electrons. The minimum Gasteiger partial charge on any atom is -0.343 e. The van der Waals surface area contributed by atoms with E-state index in [1.165, 1.54) is 0 Å². The van der Waals surface area contributed by atoms with Gasteiger partial charge in [-0.3, -0.25) is 19.3 Å². The molecule has 1 atom stereocenters. The third kappa shape index (κ3) is 2.68. The van der Waals surface area contributed by atoms with Crippen molar-refractivity contribution in [2.75, 3.05) is 51.2 Å². The highest BCUT2D eigenvalue weighted by molar-refractivity contribution is 6.40. The van der Waals surface area contributed by atoms with Crippen LogP contribution in [-0.4, -0.2) is 84.8 Å². The molecule has 0 saturated carbocycles. The molecule has 3 heterocycles. The molecule has 2 saturated heterocycles. The maximum Gasteiger partial charge on any atom is 0.316 e. The molecule has 4 rings (SSSR count). The molecule has 0 bridgehead atoms. The first-order valence-electron chi connectivity index (χ1n) is 8.74. The summed E-state index contributed by atoms with van der Waals surface area (Å²) in [6.07, 6.45) is 0.773. The van der Waals surface area contributed by atoms with E-state index in [1.807, 2.05) is 24.3 Å². The number of nitrogens with zero attached hydrogens (tertiary/aromatic N) is 4. The molecule has 2 fully saturated rings. The van der Waals surface area contributed by atoms with E-state index in [9.17, 15) is 14.4 Å². The largest absolute Gasteiger partial charge is 0.343 e. The van der Waals surface area contributed by atoms with Gasteiger partial charge in [-0.1, -0.05) is 18.2 Å². The fraction of sp³-hybridized carbons (Fsp3) is 0.500. The SMILES string of the molecule is CN1CCN2CCN(C(=O)C(=O)N3CCc4ccccc43)C[C@H]2C1=O. The number of likely N-dealkylation sites (N-methyl/N-ethyl adjacent to an activating group) is 1. The Kier molecular flexibility index (Phi) is 3.95. The molecule has 1 aromatic rings. The lowest BCUT2D eigenvalue weighted by atomic mass is 10.1. The zero-order chi connectivity index (χ0) is 17.6. The van der Waals surface area contributed by atoms with Crippen LogP contribution in [0, 0.1) is 0 Å². The average Bonchev–Trinajstić information content (AvgIpc) is 3.07. The van der Waals surface area contributed by atoms with Gasteiger partial charge < -0.3 is 14.7 Å². The van der Waals surface area contributed by atoms with Crippen LogP contribution in [0.25, 0.3) is 0 Å². The molecule has 0 spiro atoms. The Balaban J connectivity index is 1.48. The Bertz CT molecular complexity index is 735. The number of para-hydroxylation sites is 1. The molecule has 3 amide bonds. The quantitative estimate of drug-likeness (QED) is 0.600. The Hall–Kier alpha value is -2.41. The molecular formula is C18H22N4O3. The van der Waals surface area contributed by atoms with Crippen molar-refractivity contribution in [3.63, 3.8) is 0 Å². The first kappa shape index (κ1) is 16.1. The van der Waals surface area contributed by atoms with E-state index in [-0.39, 0.29) is 11.9 Å². The first-order chi connectivity index (χ1) is 12.1. The van der Waals surface area contributed by atoms with Crippen molar-refractivity contribution in [1.82, 2.24) is 14.7 Å². The van der Waals surface area contributed by atoms with Gasteiger partial charge in [0.25, 0.3) is 0 Å². The molecule has 3 aliphatic heterocycles. The van der Waals surface area contributed by atoms with Crippen molar-refractivity contribution in [2.45, 2.75) is 12.5 Å². The molecule has 0 unspecified atom stereocenters. The number of fused-ring (bicyclic) bond motifs is 2. The number of amides is 3. The van der Waals surface area contributed by atoms with Crippen molar-refractivity contribution >= 4 is 23.4 Å². The monoisotopic (exact) mass is 342 g/mol. The van der Waals surface area contributed by atoms with Crippen molar-refractivity contribution in [3.05, 3.63) is 29.8 Å². The number of carbonyl (C=O) groups excluding carboxylic acids is 3. The van der Waals surface area contributed by atoms with Gasteiger partial charge in [-0.25, -0.2) is 0 Å². The molecular weight excluding hydrogens is 320 g/mol. The Labute approximate surface area is 146 Å². The van der Waals surface area contributed by atoms with Crippen molar-refractivity contribution in [3.8, 4) is 0 Å². The molecule has 7 nitrogen and oxygen atoms in total. The lowest BCUT2D eigenvalue weighted by Crippen LogP contribution is -2.65. The van der Waals surface area contributed by atoms with E-state index < -0.39 is 11.8 Å². The van der Waals surface area contributed by atoms with Crippen molar-refractivity contribution in [2.24, 2.45) is 0 Å². The van der Waals surface area contributed by atoms with Crippen molar-refractivity contribution in [1.29, 1.82) is 0 Å². The van der Waals surface area contributed by atoms with Gasteiger partial charge in [-0.15, -0.1) is 0 Å². The molecule has 25 heavy (non-hydrogen) atoms. The van der Waals surface area contributed by atoms with Crippen LogP contribution in [0.4, 0.5) is 5.69 Å². The molecule has 7 heteroatoms. The van der Waals surface area contributed by atoms with E-state index in [2.05, 4.69) is 4.90 Å². The number of piperazine rings is 2. The minimum atomic E-state index is -0.502. The van der Waals surface area contributed by atoms with Gasteiger partial charge in [0.15, 0.2) is 0 Å². The van der Waals surface area contributed by atoms with Gasteiger partial charge in [0.2, 0.25) is 5.91 Å². The molecule has 0 aromatic heterocycles. The highest BCUT2D eigenvalue weighted by Gasteiger charge is 2.41. The van der Waals surface area contributed by atoms with Crippen LogP contribution in [0.5, 0.6) is 0 Å². The van der Waals surface area contributed by atoms with Gasteiger partial charge in [0, 0.05) is 52.0 Å². The van der Waals surface area contributed by atoms with E-state index in [4.69, 9.17) is 0 Å². The van der Waals surface area contributed by atoms with Crippen LogP contribution < -0.4 is 4.90 Å².